The second-order valence-electron chi connectivity index (χ2n) is 3.36. The average molecular weight is 222 g/mol. The van der Waals surface area contributed by atoms with Crippen molar-refractivity contribution >= 4 is 11.3 Å². The monoisotopic (exact) mass is 222 g/mol. The van der Waals surface area contributed by atoms with Crippen molar-refractivity contribution in [3.05, 3.63) is 34.8 Å². The molecule has 0 aliphatic rings. The summed E-state index contributed by atoms with van der Waals surface area (Å²) in [7, 11) is 1.95. The molecule has 0 bridgehead atoms. The topological polar surface area (TPSA) is 42.7 Å². The summed E-state index contributed by atoms with van der Waals surface area (Å²) in [5.41, 5.74) is 2.99. The minimum Gasteiger partial charge on any atom is -0.332 e. The zero-order valence-corrected chi connectivity index (χ0v) is 9.50. The number of imidazole rings is 1. The molecule has 0 aliphatic carbocycles. The van der Waals surface area contributed by atoms with E-state index in [0.29, 0.717) is 0 Å². The summed E-state index contributed by atoms with van der Waals surface area (Å²) in [4.78, 5) is 9.65. The standard InChI is InChI=1S/C10H14N4S/c1-11-3-2-9-5-14(7-13-9)6-10-4-12-8-15-10/h4-5,7-8,11H,2-3,6H2,1H3. The Hall–Kier alpha value is -1.20. The van der Waals surface area contributed by atoms with Gasteiger partial charge in [0.05, 0.1) is 24.1 Å². The largest absolute Gasteiger partial charge is 0.332 e. The highest BCUT2D eigenvalue weighted by Crippen LogP contribution is 2.08. The molecule has 0 aromatic carbocycles. The number of aromatic nitrogens is 3. The number of hydrogen-bond acceptors (Lipinski definition) is 4. The van der Waals surface area contributed by atoms with Crippen LogP contribution in [0.4, 0.5) is 0 Å². The lowest BCUT2D eigenvalue weighted by molar-refractivity contribution is 0.775. The van der Waals surface area contributed by atoms with E-state index in [9.17, 15) is 0 Å². The molecular weight excluding hydrogens is 208 g/mol. The SMILES string of the molecule is CNCCc1cn(Cc2cncs2)cn1. The van der Waals surface area contributed by atoms with Gasteiger partial charge in [-0.2, -0.15) is 0 Å². The van der Waals surface area contributed by atoms with Crippen LogP contribution in [0.3, 0.4) is 0 Å². The Kier molecular flexibility index (Phi) is 3.47. The molecule has 5 heteroatoms. The van der Waals surface area contributed by atoms with E-state index in [-0.39, 0.29) is 0 Å². The normalized spacial score (nSPS) is 10.7. The minimum atomic E-state index is 0.872. The quantitative estimate of drug-likeness (QED) is 0.825. The first-order chi connectivity index (χ1) is 7.38. The van der Waals surface area contributed by atoms with Gasteiger partial charge in [0.25, 0.3) is 0 Å². The number of thiazole rings is 1. The molecular formula is C10H14N4S. The molecule has 0 amide bonds. The molecule has 0 aliphatic heterocycles. The molecule has 15 heavy (non-hydrogen) atoms. The minimum absolute atomic E-state index is 0.872. The molecule has 0 unspecified atom stereocenters. The van der Waals surface area contributed by atoms with Crippen molar-refractivity contribution in [2.24, 2.45) is 0 Å². The lowest BCUT2D eigenvalue weighted by Crippen LogP contribution is -2.10. The van der Waals surface area contributed by atoms with Crippen LogP contribution in [-0.4, -0.2) is 28.1 Å². The number of hydrogen-bond donors (Lipinski definition) is 1. The molecule has 2 heterocycles. The highest BCUT2D eigenvalue weighted by atomic mass is 32.1. The van der Waals surface area contributed by atoms with Crippen LogP contribution in [0, 0.1) is 0 Å². The van der Waals surface area contributed by atoms with Crippen LogP contribution in [-0.2, 0) is 13.0 Å². The molecule has 0 fully saturated rings. The lowest BCUT2D eigenvalue weighted by Gasteiger charge is -1.97. The first-order valence-electron chi connectivity index (χ1n) is 4.91. The highest BCUT2D eigenvalue weighted by molar-refractivity contribution is 7.09. The van der Waals surface area contributed by atoms with Crippen molar-refractivity contribution in [2.45, 2.75) is 13.0 Å². The van der Waals surface area contributed by atoms with Gasteiger partial charge in [0.2, 0.25) is 0 Å². The maximum Gasteiger partial charge on any atom is 0.0952 e. The van der Waals surface area contributed by atoms with Gasteiger partial charge in [0, 0.05) is 30.2 Å². The molecule has 80 valence electrons. The fourth-order valence-electron chi connectivity index (χ4n) is 1.38. The Morgan fingerprint density at radius 2 is 2.47 bits per heavy atom. The number of rotatable bonds is 5. The van der Waals surface area contributed by atoms with Gasteiger partial charge in [-0.05, 0) is 7.05 Å². The lowest BCUT2D eigenvalue weighted by atomic mass is 10.3. The van der Waals surface area contributed by atoms with Crippen molar-refractivity contribution in [2.75, 3.05) is 13.6 Å². The van der Waals surface area contributed by atoms with Gasteiger partial charge in [-0.1, -0.05) is 0 Å². The van der Waals surface area contributed by atoms with Crippen LogP contribution in [0.5, 0.6) is 0 Å². The number of likely N-dealkylation sites (N-methyl/N-ethyl adjacent to an activating group) is 1. The van der Waals surface area contributed by atoms with E-state index in [4.69, 9.17) is 0 Å². The second-order valence-corrected chi connectivity index (χ2v) is 4.33. The van der Waals surface area contributed by atoms with E-state index in [2.05, 4.69) is 26.0 Å². The van der Waals surface area contributed by atoms with E-state index >= 15 is 0 Å². The molecule has 2 aromatic heterocycles. The summed E-state index contributed by atoms with van der Waals surface area (Å²) in [5, 5.41) is 3.11. The third-order valence-electron chi connectivity index (χ3n) is 2.14. The molecule has 1 N–H and O–H groups in total. The van der Waals surface area contributed by atoms with E-state index in [1.807, 2.05) is 25.1 Å². The van der Waals surface area contributed by atoms with Gasteiger partial charge in [-0.15, -0.1) is 11.3 Å². The van der Waals surface area contributed by atoms with Crippen LogP contribution in [0.1, 0.15) is 10.6 Å². The van der Waals surface area contributed by atoms with Gasteiger partial charge in [0.15, 0.2) is 0 Å². The molecule has 0 atom stereocenters. The summed E-state index contributed by atoms with van der Waals surface area (Å²) < 4.78 is 2.10. The molecule has 0 radical (unpaired) electrons. The van der Waals surface area contributed by atoms with E-state index < -0.39 is 0 Å². The first-order valence-corrected chi connectivity index (χ1v) is 5.79. The zero-order valence-electron chi connectivity index (χ0n) is 8.68. The molecule has 0 spiro atoms. The molecule has 2 rings (SSSR count). The highest BCUT2D eigenvalue weighted by Gasteiger charge is 2.00. The average Bonchev–Trinajstić information content (AvgIpc) is 2.87. The maximum absolute atomic E-state index is 4.34. The van der Waals surface area contributed by atoms with Gasteiger partial charge in [-0.25, -0.2) is 4.98 Å². The number of nitrogens with zero attached hydrogens (tertiary/aromatic N) is 3. The Morgan fingerprint density at radius 3 is 3.20 bits per heavy atom. The van der Waals surface area contributed by atoms with Crippen LogP contribution < -0.4 is 5.32 Å². The van der Waals surface area contributed by atoms with Gasteiger partial charge in [0.1, 0.15) is 0 Å². The van der Waals surface area contributed by atoms with Crippen LogP contribution in [0.25, 0.3) is 0 Å². The maximum atomic E-state index is 4.34. The summed E-state index contributed by atoms with van der Waals surface area (Å²) in [5.74, 6) is 0. The van der Waals surface area contributed by atoms with Crippen molar-refractivity contribution in [3.63, 3.8) is 0 Å². The predicted octanol–water partition coefficient (Wildman–Crippen LogP) is 1.15. The molecule has 0 saturated heterocycles. The zero-order chi connectivity index (χ0) is 10.5. The third-order valence-corrected chi connectivity index (χ3v) is 2.90. The van der Waals surface area contributed by atoms with Crippen molar-refractivity contribution < 1.29 is 0 Å². The smallest absolute Gasteiger partial charge is 0.0952 e. The number of nitrogens with one attached hydrogen (secondary N) is 1. The van der Waals surface area contributed by atoms with E-state index in [1.54, 1.807) is 11.3 Å². The van der Waals surface area contributed by atoms with Crippen molar-refractivity contribution in [3.8, 4) is 0 Å². The van der Waals surface area contributed by atoms with Crippen molar-refractivity contribution in [1.82, 2.24) is 19.9 Å². The summed E-state index contributed by atoms with van der Waals surface area (Å²) >= 11 is 1.67. The Morgan fingerprint density at radius 1 is 1.53 bits per heavy atom. The molecule has 0 saturated carbocycles. The first kappa shape index (κ1) is 10.3. The van der Waals surface area contributed by atoms with Crippen LogP contribution >= 0.6 is 11.3 Å². The second kappa shape index (κ2) is 5.04. The molecule has 2 aromatic rings. The summed E-state index contributed by atoms with van der Waals surface area (Å²) in [6, 6.07) is 0. The molecule has 4 nitrogen and oxygen atoms in total. The van der Waals surface area contributed by atoms with Crippen molar-refractivity contribution in [1.29, 1.82) is 0 Å². The Bertz CT molecular complexity index is 393. The van der Waals surface area contributed by atoms with E-state index in [0.717, 1.165) is 25.2 Å². The Balaban J connectivity index is 1.95. The van der Waals surface area contributed by atoms with E-state index in [1.165, 1.54) is 4.88 Å². The van der Waals surface area contributed by atoms with Gasteiger partial charge < -0.3 is 9.88 Å². The summed E-state index contributed by atoms with van der Waals surface area (Å²) in [6.07, 6.45) is 6.85. The van der Waals surface area contributed by atoms with Gasteiger partial charge >= 0.3 is 0 Å². The third kappa shape index (κ3) is 2.87. The Labute approximate surface area is 93.0 Å². The fraction of sp³-hybridized carbons (Fsp3) is 0.400. The van der Waals surface area contributed by atoms with Crippen LogP contribution in [0.2, 0.25) is 0 Å². The summed E-state index contributed by atoms with van der Waals surface area (Å²) in [6.45, 7) is 1.84. The predicted molar refractivity (Wildman–Crippen MR) is 61.1 cm³/mol. The fourth-order valence-corrected chi connectivity index (χ4v) is 1.98. The van der Waals surface area contributed by atoms with Gasteiger partial charge in [-0.3, -0.25) is 4.98 Å². The van der Waals surface area contributed by atoms with Crippen LogP contribution in [0.15, 0.2) is 24.2 Å².